The van der Waals surface area contributed by atoms with E-state index in [4.69, 9.17) is 10.3 Å². The number of nitrogens with two attached hydrogens (primary N) is 1. The third-order valence-corrected chi connectivity index (χ3v) is 4.10. The highest BCUT2D eigenvalue weighted by Crippen LogP contribution is 2.35. The van der Waals surface area contributed by atoms with Crippen molar-refractivity contribution in [3.05, 3.63) is 30.2 Å². The predicted octanol–water partition coefficient (Wildman–Crippen LogP) is 2.67. The largest absolute Gasteiger partial charge is 0.508 e. The average Bonchev–Trinajstić information content (AvgIpc) is 2.98. The van der Waals surface area contributed by atoms with Crippen LogP contribution in [-0.4, -0.2) is 21.8 Å². The SMILES string of the molecule is NCC1CCC(c2nc(-c3ccc(O)cc3)no2)CC1. The van der Waals surface area contributed by atoms with E-state index in [0.717, 1.165) is 43.7 Å². The number of nitrogens with zero attached hydrogens (tertiary/aromatic N) is 2. The van der Waals surface area contributed by atoms with Gasteiger partial charge in [0.15, 0.2) is 0 Å². The van der Waals surface area contributed by atoms with Crippen molar-refractivity contribution in [1.82, 2.24) is 10.1 Å². The highest BCUT2D eigenvalue weighted by atomic mass is 16.5. The molecule has 106 valence electrons. The maximum Gasteiger partial charge on any atom is 0.230 e. The fraction of sp³-hybridized carbons (Fsp3) is 0.467. The second-order valence-corrected chi connectivity index (χ2v) is 5.46. The fourth-order valence-corrected chi connectivity index (χ4v) is 2.77. The summed E-state index contributed by atoms with van der Waals surface area (Å²) >= 11 is 0. The number of hydrogen-bond acceptors (Lipinski definition) is 5. The summed E-state index contributed by atoms with van der Waals surface area (Å²) < 4.78 is 5.40. The number of aromatic hydroxyl groups is 1. The monoisotopic (exact) mass is 273 g/mol. The molecule has 1 aliphatic rings. The summed E-state index contributed by atoms with van der Waals surface area (Å²) in [6.07, 6.45) is 4.41. The van der Waals surface area contributed by atoms with Crippen LogP contribution in [0, 0.1) is 5.92 Å². The topological polar surface area (TPSA) is 85.2 Å². The number of benzene rings is 1. The van der Waals surface area contributed by atoms with Gasteiger partial charge in [-0.1, -0.05) is 5.16 Å². The molecule has 0 amide bonds. The van der Waals surface area contributed by atoms with Crippen LogP contribution in [0.1, 0.15) is 37.5 Å². The minimum Gasteiger partial charge on any atom is -0.508 e. The number of phenolic OH excluding ortho intramolecular Hbond substituents is 1. The fourth-order valence-electron chi connectivity index (χ4n) is 2.77. The van der Waals surface area contributed by atoms with Gasteiger partial charge in [0, 0.05) is 11.5 Å². The van der Waals surface area contributed by atoms with Gasteiger partial charge < -0.3 is 15.4 Å². The van der Waals surface area contributed by atoms with Gasteiger partial charge in [0.05, 0.1) is 0 Å². The second-order valence-electron chi connectivity index (χ2n) is 5.46. The molecule has 0 aliphatic heterocycles. The molecule has 1 saturated carbocycles. The molecular weight excluding hydrogens is 254 g/mol. The molecule has 3 N–H and O–H groups in total. The molecule has 0 unspecified atom stereocenters. The first kappa shape index (κ1) is 13.1. The molecule has 0 spiro atoms. The first-order chi connectivity index (χ1) is 9.76. The molecule has 1 aliphatic carbocycles. The number of aromatic nitrogens is 2. The third-order valence-electron chi connectivity index (χ3n) is 4.10. The van der Waals surface area contributed by atoms with Gasteiger partial charge in [-0.05, 0) is 62.4 Å². The standard InChI is InChI=1S/C15H19N3O2/c16-9-10-1-3-12(4-2-10)15-17-14(18-20-15)11-5-7-13(19)8-6-11/h5-8,10,12,19H,1-4,9,16H2. The van der Waals surface area contributed by atoms with Crippen LogP contribution in [0.25, 0.3) is 11.4 Å². The van der Waals surface area contributed by atoms with Crippen LogP contribution in [0.2, 0.25) is 0 Å². The van der Waals surface area contributed by atoms with Crippen LogP contribution in [0.15, 0.2) is 28.8 Å². The second kappa shape index (κ2) is 5.63. The van der Waals surface area contributed by atoms with Crippen LogP contribution >= 0.6 is 0 Å². The van der Waals surface area contributed by atoms with E-state index in [-0.39, 0.29) is 5.75 Å². The summed E-state index contributed by atoms with van der Waals surface area (Å²) in [5.74, 6) is 2.55. The van der Waals surface area contributed by atoms with E-state index in [9.17, 15) is 5.11 Å². The van der Waals surface area contributed by atoms with Crippen LogP contribution in [0.4, 0.5) is 0 Å². The third kappa shape index (κ3) is 2.67. The molecule has 1 fully saturated rings. The zero-order valence-corrected chi connectivity index (χ0v) is 11.3. The summed E-state index contributed by atoms with van der Waals surface area (Å²) in [7, 11) is 0. The van der Waals surface area contributed by atoms with E-state index in [1.54, 1.807) is 24.3 Å². The Kier molecular flexibility index (Phi) is 3.69. The molecule has 1 heterocycles. The zero-order valence-electron chi connectivity index (χ0n) is 11.3. The molecule has 0 saturated heterocycles. The quantitative estimate of drug-likeness (QED) is 0.898. The Hall–Kier alpha value is -1.88. The minimum absolute atomic E-state index is 0.234. The van der Waals surface area contributed by atoms with E-state index < -0.39 is 0 Å². The van der Waals surface area contributed by atoms with Gasteiger partial charge in [-0.2, -0.15) is 4.98 Å². The van der Waals surface area contributed by atoms with E-state index in [0.29, 0.717) is 17.7 Å². The summed E-state index contributed by atoms with van der Waals surface area (Å²) in [5.41, 5.74) is 6.56. The molecule has 0 bridgehead atoms. The summed E-state index contributed by atoms with van der Waals surface area (Å²) in [5, 5.41) is 13.3. The van der Waals surface area contributed by atoms with E-state index in [1.165, 1.54) is 0 Å². The smallest absolute Gasteiger partial charge is 0.230 e. The zero-order chi connectivity index (χ0) is 13.9. The van der Waals surface area contributed by atoms with Gasteiger partial charge >= 0.3 is 0 Å². The summed E-state index contributed by atoms with van der Waals surface area (Å²) in [4.78, 5) is 4.49. The molecule has 2 aromatic rings. The Morgan fingerprint density at radius 2 is 1.85 bits per heavy atom. The van der Waals surface area contributed by atoms with E-state index in [2.05, 4.69) is 10.1 Å². The Morgan fingerprint density at radius 3 is 2.50 bits per heavy atom. The van der Waals surface area contributed by atoms with Crippen molar-refractivity contribution < 1.29 is 9.63 Å². The first-order valence-electron chi connectivity index (χ1n) is 7.09. The molecule has 1 aromatic heterocycles. The predicted molar refractivity (Wildman–Crippen MR) is 75.2 cm³/mol. The Morgan fingerprint density at radius 1 is 1.15 bits per heavy atom. The molecule has 0 radical (unpaired) electrons. The Labute approximate surface area is 117 Å². The molecule has 0 atom stereocenters. The van der Waals surface area contributed by atoms with Crippen molar-refractivity contribution in [2.45, 2.75) is 31.6 Å². The molecule has 3 rings (SSSR count). The lowest BCUT2D eigenvalue weighted by molar-refractivity contribution is 0.275. The summed E-state index contributed by atoms with van der Waals surface area (Å²) in [6, 6.07) is 6.82. The van der Waals surface area contributed by atoms with Gasteiger partial charge in [0.25, 0.3) is 0 Å². The van der Waals surface area contributed by atoms with Gasteiger partial charge in [0.1, 0.15) is 5.75 Å². The lowest BCUT2D eigenvalue weighted by Crippen LogP contribution is -2.20. The van der Waals surface area contributed by atoms with Gasteiger partial charge in [-0.15, -0.1) is 0 Å². The molecule has 1 aromatic carbocycles. The van der Waals surface area contributed by atoms with Gasteiger partial charge in [0.2, 0.25) is 11.7 Å². The number of phenols is 1. The van der Waals surface area contributed by atoms with Crippen LogP contribution in [0.3, 0.4) is 0 Å². The van der Waals surface area contributed by atoms with Crippen molar-refractivity contribution in [2.24, 2.45) is 11.7 Å². The van der Waals surface area contributed by atoms with Crippen molar-refractivity contribution in [2.75, 3.05) is 6.54 Å². The maximum absolute atomic E-state index is 9.29. The van der Waals surface area contributed by atoms with Crippen LogP contribution in [0.5, 0.6) is 5.75 Å². The Bertz CT molecular complexity index is 557. The molecule has 5 heteroatoms. The van der Waals surface area contributed by atoms with E-state index in [1.807, 2.05) is 0 Å². The minimum atomic E-state index is 0.234. The number of rotatable bonds is 3. The average molecular weight is 273 g/mol. The van der Waals surface area contributed by atoms with Gasteiger partial charge in [-0.3, -0.25) is 0 Å². The van der Waals surface area contributed by atoms with Crippen molar-refractivity contribution in [3.8, 4) is 17.1 Å². The van der Waals surface area contributed by atoms with E-state index >= 15 is 0 Å². The lowest BCUT2D eigenvalue weighted by atomic mass is 9.82. The Balaban J connectivity index is 1.72. The molecule has 20 heavy (non-hydrogen) atoms. The normalized spacial score (nSPS) is 22.9. The highest BCUT2D eigenvalue weighted by Gasteiger charge is 2.25. The molecule has 5 nitrogen and oxygen atoms in total. The van der Waals surface area contributed by atoms with Crippen molar-refractivity contribution in [1.29, 1.82) is 0 Å². The van der Waals surface area contributed by atoms with Crippen LogP contribution < -0.4 is 5.73 Å². The number of hydrogen-bond donors (Lipinski definition) is 2. The molecular formula is C15H19N3O2. The maximum atomic E-state index is 9.29. The van der Waals surface area contributed by atoms with Crippen molar-refractivity contribution in [3.63, 3.8) is 0 Å². The summed E-state index contributed by atoms with van der Waals surface area (Å²) in [6.45, 7) is 0.773. The highest BCUT2D eigenvalue weighted by molar-refractivity contribution is 5.55. The van der Waals surface area contributed by atoms with Crippen molar-refractivity contribution >= 4 is 0 Å². The first-order valence-corrected chi connectivity index (χ1v) is 7.09. The lowest BCUT2D eigenvalue weighted by Gasteiger charge is -2.24. The van der Waals surface area contributed by atoms with Crippen LogP contribution in [-0.2, 0) is 0 Å². The van der Waals surface area contributed by atoms with Gasteiger partial charge in [-0.25, -0.2) is 0 Å².